The lowest BCUT2D eigenvalue weighted by molar-refractivity contribution is -0.132. The quantitative estimate of drug-likeness (QED) is 0.868. The van der Waals surface area contributed by atoms with Crippen LogP contribution >= 0.6 is 11.3 Å². The first kappa shape index (κ1) is 13.4. The molecule has 0 saturated carbocycles. The summed E-state index contributed by atoms with van der Waals surface area (Å²) in [5, 5.41) is 6.29. The first-order chi connectivity index (χ1) is 9.74. The van der Waals surface area contributed by atoms with Crippen molar-refractivity contribution in [3.05, 3.63) is 40.3 Å². The summed E-state index contributed by atoms with van der Waals surface area (Å²) in [5.74, 6) is 0.268. The number of aryl methyl sites for hydroxylation is 2. The summed E-state index contributed by atoms with van der Waals surface area (Å²) >= 11 is 1.72. The normalized spacial score (nSPS) is 18.6. The predicted molar refractivity (Wildman–Crippen MR) is 79.5 cm³/mol. The summed E-state index contributed by atoms with van der Waals surface area (Å²) in [6, 6.07) is 4.36. The zero-order chi connectivity index (χ0) is 13.9. The van der Waals surface area contributed by atoms with Crippen molar-refractivity contribution in [1.29, 1.82) is 0 Å². The van der Waals surface area contributed by atoms with Gasteiger partial charge in [-0.1, -0.05) is 6.07 Å². The van der Waals surface area contributed by atoms with Crippen molar-refractivity contribution in [3.8, 4) is 0 Å². The van der Waals surface area contributed by atoms with E-state index in [0.29, 0.717) is 6.42 Å². The molecule has 0 aromatic carbocycles. The van der Waals surface area contributed by atoms with Crippen LogP contribution in [0.2, 0.25) is 0 Å². The Kier molecular flexibility index (Phi) is 3.87. The SMILES string of the molecule is Cn1cc(C2CCCN2C(=O)CCc2cccs2)cn1. The molecule has 0 aliphatic carbocycles. The molecule has 1 saturated heterocycles. The third-order valence-electron chi connectivity index (χ3n) is 3.85. The molecule has 1 amide bonds. The number of hydrogen-bond acceptors (Lipinski definition) is 3. The van der Waals surface area contributed by atoms with Crippen LogP contribution in [-0.4, -0.2) is 27.1 Å². The van der Waals surface area contributed by atoms with Gasteiger partial charge in [-0.15, -0.1) is 11.3 Å². The molecule has 5 heteroatoms. The summed E-state index contributed by atoms with van der Waals surface area (Å²) < 4.78 is 1.81. The maximum atomic E-state index is 12.4. The maximum absolute atomic E-state index is 12.4. The second-order valence-corrected chi connectivity index (χ2v) is 6.30. The molecule has 2 aromatic heterocycles. The fourth-order valence-corrected chi connectivity index (χ4v) is 3.56. The number of likely N-dealkylation sites (tertiary alicyclic amines) is 1. The molecule has 0 N–H and O–H groups in total. The van der Waals surface area contributed by atoms with Crippen LogP contribution in [0.1, 0.15) is 35.7 Å². The highest BCUT2D eigenvalue weighted by Crippen LogP contribution is 2.32. The Morgan fingerprint density at radius 2 is 2.45 bits per heavy atom. The largest absolute Gasteiger partial charge is 0.336 e. The molecule has 1 unspecified atom stereocenters. The van der Waals surface area contributed by atoms with Gasteiger partial charge in [-0.3, -0.25) is 9.48 Å². The van der Waals surface area contributed by atoms with Crippen LogP contribution in [0.3, 0.4) is 0 Å². The van der Waals surface area contributed by atoms with Gasteiger partial charge in [0.1, 0.15) is 0 Å². The van der Waals surface area contributed by atoms with Crippen molar-refractivity contribution in [1.82, 2.24) is 14.7 Å². The van der Waals surface area contributed by atoms with E-state index in [1.807, 2.05) is 35.1 Å². The van der Waals surface area contributed by atoms with Gasteiger partial charge in [0.05, 0.1) is 12.2 Å². The summed E-state index contributed by atoms with van der Waals surface area (Å²) in [6.07, 6.45) is 7.51. The number of carbonyl (C=O) groups is 1. The van der Waals surface area contributed by atoms with Gasteiger partial charge in [0.2, 0.25) is 5.91 Å². The average Bonchev–Trinajstić information content (AvgIpc) is 3.16. The Bertz CT molecular complexity index is 576. The van der Waals surface area contributed by atoms with Crippen LogP contribution in [0, 0.1) is 0 Å². The van der Waals surface area contributed by atoms with E-state index in [9.17, 15) is 4.79 Å². The zero-order valence-corrected chi connectivity index (χ0v) is 12.5. The van der Waals surface area contributed by atoms with E-state index in [-0.39, 0.29) is 11.9 Å². The van der Waals surface area contributed by atoms with Gasteiger partial charge < -0.3 is 4.90 Å². The fraction of sp³-hybridized carbons (Fsp3) is 0.467. The third-order valence-corrected chi connectivity index (χ3v) is 4.78. The van der Waals surface area contributed by atoms with Gasteiger partial charge in [0, 0.05) is 36.7 Å². The van der Waals surface area contributed by atoms with Crippen LogP contribution in [-0.2, 0) is 18.3 Å². The van der Waals surface area contributed by atoms with Crippen molar-refractivity contribution in [2.75, 3.05) is 6.54 Å². The Labute approximate surface area is 123 Å². The van der Waals surface area contributed by atoms with Crippen LogP contribution in [0.25, 0.3) is 0 Å². The molecular formula is C15H19N3OS. The fourth-order valence-electron chi connectivity index (χ4n) is 2.85. The molecule has 3 rings (SSSR count). The number of aromatic nitrogens is 2. The Morgan fingerprint density at radius 3 is 3.15 bits per heavy atom. The van der Waals surface area contributed by atoms with E-state index in [2.05, 4.69) is 16.5 Å². The predicted octanol–water partition coefficient (Wildman–Crippen LogP) is 2.78. The summed E-state index contributed by atoms with van der Waals surface area (Å²) in [4.78, 5) is 15.8. The summed E-state index contributed by atoms with van der Waals surface area (Å²) in [5.41, 5.74) is 1.16. The van der Waals surface area contributed by atoms with Crippen molar-refractivity contribution >= 4 is 17.2 Å². The number of nitrogens with zero attached hydrogens (tertiary/aromatic N) is 3. The number of rotatable bonds is 4. The van der Waals surface area contributed by atoms with Crippen molar-refractivity contribution < 1.29 is 4.79 Å². The molecule has 106 valence electrons. The van der Waals surface area contributed by atoms with Gasteiger partial charge >= 0.3 is 0 Å². The van der Waals surface area contributed by atoms with Crippen molar-refractivity contribution in [2.24, 2.45) is 7.05 Å². The Balaban J connectivity index is 1.64. The smallest absolute Gasteiger partial charge is 0.223 e. The van der Waals surface area contributed by atoms with E-state index in [1.54, 1.807) is 11.3 Å². The minimum absolute atomic E-state index is 0.222. The van der Waals surface area contributed by atoms with Gasteiger partial charge in [-0.25, -0.2) is 0 Å². The topological polar surface area (TPSA) is 38.1 Å². The van der Waals surface area contributed by atoms with E-state index in [1.165, 1.54) is 4.88 Å². The second kappa shape index (κ2) is 5.79. The van der Waals surface area contributed by atoms with E-state index in [4.69, 9.17) is 0 Å². The molecule has 1 aliphatic heterocycles. The first-order valence-corrected chi connectivity index (χ1v) is 7.92. The highest BCUT2D eigenvalue weighted by Gasteiger charge is 2.30. The number of amides is 1. The molecular weight excluding hydrogens is 270 g/mol. The lowest BCUT2D eigenvalue weighted by Crippen LogP contribution is -2.30. The molecule has 0 bridgehead atoms. The second-order valence-electron chi connectivity index (χ2n) is 5.27. The Morgan fingerprint density at radius 1 is 1.55 bits per heavy atom. The van der Waals surface area contributed by atoms with Crippen molar-refractivity contribution in [2.45, 2.75) is 31.7 Å². The molecule has 0 spiro atoms. The molecule has 2 aromatic rings. The molecule has 3 heterocycles. The standard InChI is InChI=1S/C15H19N3OS/c1-17-11-12(10-16-17)14-5-2-8-18(14)15(19)7-6-13-4-3-9-20-13/h3-4,9-11,14H,2,5-8H2,1H3. The van der Waals surface area contributed by atoms with Crippen LogP contribution in [0.4, 0.5) is 0 Å². The number of hydrogen-bond donors (Lipinski definition) is 0. The zero-order valence-electron chi connectivity index (χ0n) is 11.7. The molecule has 1 aliphatic rings. The van der Waals surface area contributed by atoms with Crippen LogP contribution in [0.5, 0.6) is 0 Å². The third kappa shape index (κ3) is 2.77. The van der Waals surface area contributed by atoms with Gasteiger partial charge in [0.25, 0.3) is 0 Å². The summed E-state index contributed by atoms with van der Waals surface area (Å²) in [7, 11) is 1.92. The molecule has 1 fully saturated rings. The molecule has 1 atom stereocenters. The monoisotopic (exact) mass is 289 g/mol. The molecule has 20 heavy (non-hydrogen) atoms. The molecule has 4 nitrogen and oxygen atoms in total. The van der Waals surface area contributed by atoms with Gasteiger partial charge in [-0.2, -0.15) is 5.10 Å². The van der Waals surface area contributed by atoms with Crippen LogP contribution < -0.4 is 0 Å². The molecule has 0 radical (unpaired) electrons. The van der Waals surface area contributed by atoms with Crippen molar-refractivity contribution in [3.63, 3.8) is 0 Å². The van der Waals surface area contributed by atoms with Gasteiger partial charge in [0.15, 0.2) is 0 Å². The van der Waals surface area contributed by atoms with E-state index < -0.39 is 0 Å². The minimum atomic E-state index is 0.222. The van der Waals surface area contributed by atoms with Gasteiger partial charge in [-0.05, 0) is 30.7 Å². The number of thiophene rings is 1. The van der Waals surface area contributed by atoms with Crippen LogP contribution in [0.15, 0.2) is 29.9 Å². The minimum Gasteiger partial charge on any atom is -0.336 e. The first-order valence-electron chi connectivity index (χ1n) is 7.04. The lowest BCUT2D eigenvalue weighted by Gasteiger charge is -2.23. The van der Waals surface area contributed by atoms with E-state index >= 15 is 0 Å². The summed E-state index contributed by atoms with van der Waals surface area (Å²) in [6.45, 7) is 0.878. The highest BCUT2D eigenvalue weighted by molar-refractivity contribution is 7.09. The average molecular weight is 289 g/mol. The van der Waals surface area contributed by atoms with E-state index in [0.717, 1.165) is 31.4 Å². The maximum Gasteiger partial charge on any atom is 0.223 e. The highest BCUT2D eigenvalue weighted by atomic mass is 32.1. The Hall–Kier alpha value is -1.62. The lowest BCUT2D eigenvalue weighted by atomic mass is 10.1. The number of carbonyl (C=O) groups excluding carboxylic acids is 1.